The van der Waals surface area contributed by atoms with Crippen LogP contribution in [0.15, 0.2) is 6.33 Å². The van der Waals surface area contributed by atoms with E-state index in [9.17, 15) is 0 Å². The van der Waals surface area contributed by atoms with Crippen molar-refractivity contribution in [2.45, 2.75) is 46.6 Å². The van der Waals surface area contributed by atoms with Gasteiger partial charge in [-0.05, 0) is 27.3 Å². The Morgan fingerprint density at radius 3 is 2.59 bits per heavy atom. The van der Waals surface area contributed by atoms with Crippen LogP contribution in [0.5, 0.6) is 5.88 Å². The second kappa shape index (κ2) is 6.55. The van der Waals surface area contributed by atoms with Crippen LogP contribution in [0.1, 0.15) is 44.9 Å². The molecular formula is C13H23N3O. The summed E-state index contributed by atoms with van der Waals surface area (Å²) in [5.41, 5.74) is 2.11. The molecule has 0 fully saturated rings. The van der Waals surface area contributed by atoms with Gasteiger partial charge in [0.2, 0.25) is 5.88 Å². The molecule has 2 atom stereocenters. The lowest BCUT2D eigenvalue weighted by Gasteiger charge is -2.22. The van der Waals surface area contributed by atoms with Crippen molar-refractivity contribution in [3.05, 3.63) is 17.6 Å². The Bertz CT molecular complexity index is 355. The first-order valence-corrected chi connectivity index (χ1v) is 6.29. The Labute approximate surface area is 104 Å². The van der Waals surface area contributed by atoms with E-state index in [0.717, 1.165) is 17.8 Å². The van der Waals surface area contributed by atoms with Crippen molar-refractivity contribution in [3.8, 4) is 5.88 Å². The molecule has 4 heteroatoms. The molecule has 0 saturated heterocycles. The average molecular weight is 237 g/mol. The number of hydrogen-bond acceptors (Lipinski definition) is 4. The highest BCUT2D eigenvalue weighted by molar-refractivity contribution is 5.30. The molecule has 1 heterocycles. The van der Waals surface area contributed by atoms with Gasteiger partial charge < -0.3 is 10.1 Å². The molecule has 1 aromatic rings. The van der Waals surface area contributed by atoms with E-state index in [0.29, 0.717) is 24.4 Å². The summed E-state index contributed by atoms with van der Waals surface area (Å²) >= 11 is 0. The summed E-state index contributed by atoms with van der Waals surface area (Å²) < 4.78 is 5.50. The zero-order chi connectivity index (χ0) is 12.8. The summed E-state index contributed by atoms with van der Waals surface area (Å²) in [7, 11) is 0. The molecule has 0 spiro atoms. The van der Waals surface area contributed by atoms with Gasteiger partial charge in [0.1, 0.15) is 6.33 Å². The van der Waals surface area contributed by atoms with Crippen LogP contribution in [0, 0.1) is 6.92 Å². The maximum atomic E-state index is 5.50. The molecule has 0 aliphatic heterocycles. The lowest BCUT2D eigenvalue weighted by atomic mass is 9.96. The summed E-state index contributed by atoms with van der Waals surface area (Å²) in [6.07, 6.45) is 1.59. The van der Waals surface area contributed by atoms with Gasteiger partial charge in [0.25, 0.3) is 0 Å². The molecule has 4 nitrogen and oxygen atoms in total. The zero-order valence-corrected chi connectivity index (χ0v) is 11.4. The molecule has 0 aliphatic carbocycles. The van der Waals surface area contributed by atoms with Crippen molar-refractivity contribution in [1.82, 2.24) is 15.3 Å². The first-order chi connectivity index (χ1) is 8.11. The van der Waals surface area contributed by atoms with Gasteiger partial charge in [-0.2, -0.15) is 0 Å². The van der Waals surface area contributed by atoms with Crippen LogP contribution in [0.25, 0.3) is 0 Å². The van der Waals surface area contributed by atoms with Crippen LogP contribution < -0.4 is 10.1 Å². The minimum atomic E-state index is 0.345. The molecule has 0 saturated carbocycles. The lowest BCUT2D eigenvalue weighted by Crippen LogP contribution is -2.31. The van der Waals surface area contributed by atoms with Crippen molar-refractivity contribution in [2.24, 2.45) is 0 Å². The Morgan fingerprint density at radius 2 is 2.00 bits per heavy atom. The molecule has 2 unspecified atom stereocenters. The third-order valence-electron chi connectivity index (χ3n) is 3.07. The van der Waals surface area contributed by atoms with Gasteiger partial charge >= 0.3 is 0 Å². The van der Waals surface area contributed by atoms with Gasteiger partial charge in [-0.1, -0.05) is 13.8 Å². The highest BCUT2D eigenvalue weighted by atomic mass is 16.5. The highest BCUT2D eigenvalue weighted by Crippen LogP contribution is 2.25. The van der Waals surface area contributed by atoms with Crippen molar-refractivity contribution in [3.63, 3.8) is 0 Å². The topological polar surface area (TPSA) is 47.0 Å². The van der Waals surface area contributed by atoms with E-state index in [-0.39, 0.29) is 0 Å². The van der Waals surface area contributed by atoms with Crippen molar-refractivity contribution >= 4 is 0 Å². The molecule has 1 rings (SSSR count). The van der Waals surface area contributed by atoms with Gasteiger partial charge in [-0.15, -0.1) is 0 Å². The predicted molar refractivity (Wildman–Crippen MR) is 69.5 cm³/mol. The summed E-state index contributed by atoms with van der Waals surface area (Å²) in [6.45, 7) is 12.1. The second-order valence-corrected chi connectivity index (χ2v) is 4.26. The first-order valence-electron chi connectivity index (χ1n) is 6.29. The van der Waals surface area contributed by atoms with Gasteiger partial charge in [0.05, 0.1) is 12.3 Å². The average Bonchev–Trinajstić information content (AvgIpc) is 2.31. The predicted octanol–water partition coefficient (Wildman–Crippen LogP) is 2.29. The molecule has 96 valence electrons. The SMILES string of the molecule is CCNC(C)C(C)c1ncnc(OCC)c1C. The van der Waals surface area contributed by atoms with Crippen LogP contribution in [0.4, 0.5) is 0 Å². The number of aromatic nitrogens is 2. The number of rotatable bonds is 6. The largest absolute Gasteiger partial charge is 0.478 e. The molecule has 17 heavy (non-hydrogen) atoms. The van der Waals surface area contributed by atoms with E-state index in [1.807, 2.05) is 13.8 Å². The van der Waals surface area contributed by atoms with Gasteiger partial charge in [-0.3, -0.25) is 0 Å². The summed E-state index contributed by atoms with van der Waals surface area (Å²) in [6, 6.07) is 0.392. The number of nitrogens with one attached hydrogen (secondary N) is 1. The number of hydrogen-bond donors (Lipinski definition) is 1. The van der Waals surface area contributed by atoms with Crippen LogP contribution in [0.3, 0.4) is 0 Å². The first kappa shape index (κ1) is 13.9. The molecular weight excluding hydrogens is 214 g/mol. The van der Waals surface area contributed by atoms with Crippen molar-refractivity contribution in [1.29, 1.82) is 0 Å². The Balaban J connectivity index is 2.93. The zero-order valence-electron chi connectivity index (χ0n) is 11.4. The maximum absolute atomic E-state index is 5.50. The molecule has 0 radical (unpaired) electrons. The standard InChI is InChI=1S/C13H23N3O/c1-6-14-11(5)9(3)12-10(4)13(17-7-2)16-8-15-12/h8-9,11,14H,6-7H2,1-5H3. The Morgan fingerprint density at radius 1 is 1.29 bits per heavy atom. The van der Waals surface area contributed by atoms with Gasteiger partial charge in [0, 0.05) is 17.5 Å². The maximum Gasteiger partial charge on any atom is 0.219 e. The molecule has 0 aromatic carbocycles. The molecule has 0 amide bonds. The second-order valence-electron chi connectivity index (χ2n) is 4.26. The minimum absolute atomic E-state index is 0.345. The lowest BCUT2D eigenvalue weighted by molar-refractivity contribution is 0.321. The van der Waals surface area contributed by atoms with Crippen LogP contribution in [0.2, 0.25) is 0 Å². The van der Waals surface area contributed by atoms with E-state index in [1.54, 1.807) is 6.33 Å². The number of nitrogens with zero attached hydrogens (tertiary/aromatic N) is 2. The third-order valence-corrected chi connectivity index (χ3v) is 3.07. The normalized spacial score (nSPS) is 14.4. The van der Waals surface area contributed by atoms with Crippen LogP contribution >= 0.6 is 0 Å². The minimum Gasteiger partial charge on any atom is -0.478 e. The number of likely N-dealkylation sites (N-methyl/N-ethyl adjacent to an activating group) is 1. The van der Waals surface area contributed by atoms with E-state index in [1.165, 1.54) is 0 Å². The van der Waals surface area contributed by atoms with E-state index >= 15 is 0 Å². The molecule has 0 bridgehead atoms. The quantitative estimate of drug-likeness (QED) is 0.824. The fourth-order valence-electron chi connectivity index (χ4n) is 1.92. The van der Waals surface area contributed by atoms with Crippen molar-refractivity contribution < 1.29 is 4.74 Å². The van der Waals surface area contributed by atoms with E-state index < -0.39 is 0 Å². The van der Waals surface area contributed by atoms with Crippen LogP contribution in [-0.4, -0.2) is 29.2 Å². The monoisotopic (exact) mass is 237 g/mol. The summed E-state index contributed by atoms with van der Waals surface area (Å²) in [5.74, 6) is 1.05. The Hall–Kier alpha value is -1.16. The number of ether oxygens (including phenoxy) is 1. The van der Waals surface area contributed by atoms with E-state index in [2.05, 4.69) is 36.1 Å². The summed E-state index contributed by atoms with van der Waals surface area (Å²) in [4.78, 5) is 8.56. The Kier molecular flexibility index (Phi) is 5.35. The highest BCUT2D eigenvalue weighted by Gasteiger charge is 2.19. The summed E-state index contributed by atoms with van der Waals surface area (Å²) in [5, 5.41) is 3.42. The molecule has 1 aromatic heterocycles. The molecule has 1 N–H and O–H groups in total. The van der Waals surface area contributed by atoms with Gasteiger partial charge in [-0.25, -0.2) is 9.97 Å². The van der Waals surface area contributed by atoms with E-state index in [4.69, 9.17) is 4.74 Å². The van der Waals surface area contributed by atoms with Gasteiger partial charge in [0.15, 0.2) is 0 Å². The van der Waals surface area contributed by atoms with Crippen molar-refractivity contribution in [2.75, 3.05) is 13.2 Å². The smallest absolute Gasteiger partial charge is 0.219 e. The third kappa shape index (κ3) is 3.40. The molecule has 0 aliphatic rings. The fourth-order valence-corrected chi connectivity index (χ4v) is 1.92. The van der Waals surface area contributed by atoms with Crippen LogP contribution in [-0.2, 0) is 0 Å². The fraction of sp³-hybridized carbons (Fsp3) is 0.692.